The van der Waals surface area contributed by atoms with Gasteiger partial charge in [-0.05, 0) is 17.0 Å². The van der Waals surface area contributed by atoms with Crippen LogP contribution in [0.1, 0.15) is 25.3 Å². The Kier molecular flexibility index (Phi) is 2.95. The first-order chi connectivity index (χ1) is 8.06. The second-order valence-corrected chi connectivity index (χ2v) is 4.28. The van der Waals surface area contributed by atoms with Crippen molar-refractivity contribution in [3.8, 4) is 11.3 Å². The summed E-state index contributed by atoms with van der Waals surface area (Å²) in [6.45, 7) is 4.23. The third-order valence-electron chi connectivity index (χ3n) is 2.65. The Morgan fingerprint density at radius 2 is 1.65 bits per heavy atom. The van der Waals surface area contributed by atoms with Gasteiger partial charge in [0.05, 0.1) is 5.69 Å². The van der Waals surface area contributed by atoms with Crippen LogP contribution >= 0.6 is 0 Å². The molecule has 0 saturated heterocycles. The maximum atomic E-state index is 11.2. The van der Waals surface area contributed by atoms with E-state index >= 15 is 0 Å². The molecule has 17 heavy (non-hydrogen) atoms. The Balaban J connectivity index is 2.46. The molecular formula is C13H14N2O2. The lowest BCUT2D eigenvalue weighted by molar-refractivity contribution is 0.867. The maximum absolute atomic E-state index is 11.2. The maximum Gasteiger partial charge on any atom is 0.326 e. The molecule has 0 unspecified atom stereocenters. The molecule has 0 fully saturated rings. The van der Waals surface area contributed by atoms with Crippen LogP contribution in [0.25, 0.3) is 11.3 Å². The summed E-state index contributed by atoms with van der Waals surface area (Å²) in [7, 11) is 0. The van der Waals surface area contributed by atoms with Gasteiger partial charge in [-0.1, -0.05) is 38.1 Å². The van der Waals surface area contributed by atoms with Crippen molar-refractivity contribution in [3.05, 3.63) is 56.7 Å². The molecular weight excluding hydrogens is 216 g/mol. The van der Waals surface area contributed by atoms with Crippen LogP contribution in [-0.4, -0.2) is 9.97 Å². The fourth-order valence-corrected chi connectivity index (χ4v) is 1.67. The first-order valence-electron chi connectivity index (χ1n) is 5.50. The number of nitrogens with one attached hydrogen (secondary N) is 2. The Labute approximate surface area is 98.3 Å². The van der Waals surface area contributed by atoms with Gasteiger partial charge in [0.15, 0.2) is 0 Å². The Morgan fingerprint density at radius 1 is 1.00 bits per heavy atom. The van der Waals surface area contributed by atoms with E-state index in [1.54, 1.807) is 0 Å². The van der Waals surface area contributed by atoms with Crippen LogP contribution in [0.5, 0.6) is 0 Å². The van der Waals surface area contributed by atoms with Crippen molar-refractivity contribution in [2.24, 2.45) is 0 Å². The molecule has 88 valence electrons. The average Bonchev–Trinajstić information content (AvgIpc) is 2.28. The summed E-state index contributed by atoms with van der Waals surface area (Å²) in [6.07, 6.45) is 0. The van der Waals surface area contributed by atoms with Gasteiger partial charge in [-0.15, -0.1) is 0 Å². The van der Waals surface area contributed by atoms with E-state index in [1.165, 1.54) is 11.6 Å². The number of aromatic amines is 2. The lowest BCUT2D eigenvalue weighted by Gasteiger charge is -2.06. The minimum atomic E-state index is -0.486. The van der Waals surface area contributed by atoms with Crippen molar-refractivity contribution in [2.75, 3.05) is 0 Å². The van der Waals surface area contributed by atoms with Crippen molar-refractivity contribution in [1.82, 2.24) is 9.97 Å². The molecule has 2 rings (SSSR count). The van der Waals surface area contributed by atoms with Gasteiger partial charge in [-0.25, -0.2) is 4.79 Å². The van der Waals surface area contributed by atoms with Crippen LogP contribution in [0.3, 0.4) is 0 Å². The zero-order valence-corrected chi connectivity index (χ0v) is 9.78. The van der Waals surface area contributed by atoms with Crippen molar-refractivity contribution < 1.29 is 0 Å². The Hall–Kier alpha value is -2.10. The van der Waals surface area contributed by atoms with Gasteiger partial charge >= 0.3 is 5.69 Å². The third-order valence-corrected chi connectivity index (χ3v) is 2.65. The van der Waals surface area contributed by atoms with Crippen LogP contribution in [0.15, 0.2) is 39.9 Å². The molecule has 1 heterocycles. The van der Waals surface area contributed by atoms with Gasteiger partial charge in [0.1, 0.15) is 0 Å². The molecule has 0 amide bonds. The highest BCUT2D eigenvalue weighted by atomic mass is 16.2. The van der Waals surface area contributed by atoms with E-state index in [2.05, 4.69) is 23.8 Å². The minimum absolute atomic E-state index is 0.392. The molecule has 0 aliphatic carbocycles. The number of hydrogen-bond donors (Lipinski definition) is 2. The van der Waals surface area contributed by atoms with Crippen LogP contribution < -0.4 is 11.2 Å². The minimum Gasteiger partial charge on any atom is -0.307 e. The number of H-pyrrole nitrogens is 2. The summed E-state index contributed by atoms with van der Waals surface area (Å²) >= 11 is 0. The second kappa shape index (κ2) is 4.41. The smallest absolute Gasteiger partial charge is 0.307 e. The first-order valence-corrected chi connectivity index (χ1v) is 5.50. The van der Waals surface area contributed by atoms with Crippen molar-refractivity contribution in [1.29, 1.82) is 0 Å². The van der Waals surface area contributed by atoms with Gasteiger partial charge in [0, 0.05) is 6.07 Å². The van der Waals surface area contributed by atoms with Gasteiger partial charge < -0.3 is 4.98 Å². The lowest BCUT2D eigenvalue weighted by atomic mass is 10.0. The SMILES string of the molecule is CC(C)c1ccc(-c2cc(=O)[nH]c(=O)[nH]2)cc1. The Morgan fingerprint density at radius 3 is 2.18 bits per heavy atom. The average molecular weight is 230 g/mol. The highest BCUT2D eigenvalue weighted by Gasteiger charge is 2.02. The van der Waals surface area contributed by atoms with Crippen molar-refractivity contribution in [3.63, 3.8) is 0 Å². The molecule has 0 atom stereocenters. The molecule has 2 N–H and O–H groups in total. The van der Waals surface area contributed by atoms with E-state index in [4.69, 9.17) is 0 Å². The molecule has 0 aliphatic heterocycles. The summed E-state index contributed by atoms with van der Waals surface area (Å²) in [5, 5.41) is 0. The van der Waals surface area contributed by atoms with E-state index in [0.29, 0.717) is 11.6 Å². The monoisotopic (exact) mass is 230 g/mol. The highest BCUT2D eigenvalue weighted by Crippen LogP contribution is 2.19. The van der Waals surface area contributed by atoms with E-state index in [9.17, 15) is 9.59 Å². The molecule has 0 aliphatic rings. The standard InChI is InChI=1S/C13H14N2O2/c1-8(2)9-3-5-10(6-4-9)11-7-12(16)15-13(17)14-11/h3-8H,1-2H3,(H2,14,15,16,17). The quantitative estimate of drug-likeness (QED) is 0.826. The van der Waals surface area contributed by atoms with Crippen LogP contribution in [-0.2, 0) is 0 Å². The summed E-state index contributed by atoms with van der Waals surface area (Å²) < 4.78 is 0. The van der Waals surface area contributed by atoms with E-state index < -0.39 is 11.2 Å². The number of rotatable bonds is 2. The summed E-state index contributed by atoms with van der Waals surface area (Å²) in [5.74, 6) is 0.460. The fraction of sp³-hybridized carbons (Fsp3) is 0.231. The fourth-order valence-electron chi connectivity index (χ4n) is 1.67. The van der Waals surface area contributed by atoms with Gasteiger partial charge in [-0.3, -0.25) is 9.78 Å². The second-order valence-electron chi connectivity index (χ2n) is 4.28. The highest BCUT2D eigenvalue weighted by molar-refractivity contribution is 5.58. The van der Waals surface area contributed by atoms with Crippen molar-refractivity contribution in [2.45, 2.75) is 19.8 Å². The van der Waals surface area contributed by atoms with Crippen LogP contribution in [0.2, 0.25) is 0 Å². The molecule has 0 radical (unpaired) electrons. The molecule has 4 heteroatoms. The summed E-state index contributed by atoms with van der Waals surface area (Å²) in [4.78, 5) is 27.1. The summed E-state index contributed by atoms with van der Waals surface area (Å²) in [6, 6.07) is 9.19. The number of benzene rings is 1. The number of aromatic nitrogens is 2. The van der Waals surface area contributed by atoms with Crippen LogP contribution in [0.4, 0.5) is 0 Å². The third kappa shape index (κ3) is 2.53. The van der Waals surface area contributed by atoms with E-state index in [-0.39, 0.29) is 0 Å². The molecule has 1 aromatic carbocycles. The van der Waals surface area contributed by atoms with E-state index in [1.807, 2.05) is 24.3 Å². The molecule has 1 aromatic heterocycles. The zero-order valence-electron chi connectivity index (χ0n) is 9.78. The Bertz CT molecular complexity index is 593. The molecule has 2 aromatic rings. The van der Waals surface area contributed by atoms with Crippen LogP contribution in [0, 0.1) is 0 Å². The number of hydrogen-bond acceptors (Lipinski definition) is 2. The molecule has 0 bridgehead atoms. The lowest BCUT2D eigenvalue weighted by Crippen LogP contribution is -2.21. The predicted molar refractivity (Wildman–Crippen MR) is 67.2 cm³/mol. The van der Waals surface area contributed by atoms with Crippen molar-refractivity contribution >= 4 is 0 Å². The van der Waals surface area contributed by atoms with Gasteiger partial charge in [0.2, 0.25) is 0 Å². The molecule has 4 nitrogen and oxygen atoms in total. The molecule has 0 spiro atoms. The first kappa shape index (κ1) is 11.4. The molecule has 0 saturated carbocycles. The largest absolute Gasteiger partial charge is 0.326 e. The predicted octanol–water partition coefficient (Wildman–Crippen LogP) is 1.85. The van der Waals surface area contributed by atoms with Gasteiger partial charge in [0.25, 0.3) is 5.56 Å². The van der Waals surface area contributed by atoms with Gasteiger partial charge in [-0.2, -0.15) is 0 Å². The van der Waals surface area contributed by atoms with E-state index in [0.717, 1.165) is 5.56 Å². The summed E-state index contributed by atoms with van der Waals surface area (Å²) in [5.41, 5.74) is 1.71. The normalized spacial score (nSPS) is 10.8. The zero-order chi connectivity index (χ0) is 12.4. The topological polar surface area (TPSA) is 65.7 Å².